The van der Waals surface area contributed by atoms with Gasteiger partial charge in [-0.3, -0.25) is 0 Å². The molecule has 1 heterocycles. The Morgan fingerprint density at radius 1 is 1.45 bits per heavy atom. The van der Waals surface area contributed by atoms with Crippen molar-refractivity contribution in [1.82, 2.24) is 9.71 Å². The van der Waals surface area contributed by atoms with Crippen LogP contribution in [0.3, 0.4) is 0 Å². The Morgan fingerprint density at radius 3 is 2.80 bits per heavy atom. The van der Waals surface area contributed by atoms with Crippen LogP contribution in [0.25, 0.3) is 0 Å². The summed E-state index contributed by atoms with van der Waals surface area (Å²) in [6, 6.07) is 2.36. The van der Waals surface area contributed by atoms with E-state index in [1.54, 1.807) is 10.9 Å². The lowest BCUT2D eigenvalue weighted by Gasteiger charge is -2.09. The zero-order chi connectivity index (χ0) is 14.8. The molecule has 0 saturated heterocycles. The number of aromatic nitrogens is 1. The first-order valence-electron chi connectivity index (χ1n) is 5.70. The highest BCUT2D eigenvalue weighted by Crippen LogP contribution is 2.19. The number of benzene rings is 1. The third-order valence-electron chi connectivity index (χ3n) is 2.71. The van der Waals surface area contributed by atoms with Gasteiger partial charge in [-0.2, -0.15) is 0 Å². The lowest BCUT2D eigenvalue weighted by atomic mass is 10.1. The van der Waals surface area contributed by atoms with Gasteiger partial charge in [-0.25, -0.2) is 22.5 Å². The molecule has 0 aliphatic heterocycles. The highest BCUT2D eigenvalue weighted by Gasteiger charge is 2.18. The zero-order valence-corrected chi connectivity index (χ0v) is 12.3. The van der Waals surface area contributed by atoms with Crippen LogP contribution in [0.5, 0.6) is 0 Å². The van der Waals surface area contributed by atoms with Crippen molar-refractivity contribution in [3.63, 3.8) is 0 Å². The van der Waals surface area contributed by atoms with Crippen LogP contribution in [0.2, 0.25) is 0 Å². The predicted molar refractivity (Wildman–Crippen MR) is 73.2 cm³/mol. The topological polar surface area (TPSA) is 79.3 Å². The van der Waals surface area contributed by atoms with Crippen molar-refractivity contribution in [3.05, 3.63) is 45.7 Å². The first kappa shape index (κ1) is 15.0. The van der Waals surface area contributed by atoms with E-state index in [0.29, 0.717) is 5.69 Å². The molecule has 0 aliphatic carbocycles. The Balaban J connectivity index is 2.27. The fourth-order valence-corrected chi connectivity index (χ4v) is 3.35. The summed E-state index contributed by atoms with van der Waals surface area (Å²) in [5, 5.41) is 10.8. The summed E-state index contributed by atoms with van der Waals surface area (Å²) in [5.74, 6) is -0.592. The Morgan fingerprint density at radius 2 is 2.20 bits per heavy atom. The van der Waals surface area contributed by atoms with E-state index in [0.717, 1.165) is 6.07 Å². The minimum absolute atomic E-state index is 0.0426. The second-order valence-electron chi connectivity index (χ2n) is 4.18. The van der Waals surface area contributed by atoms with E-state index in [1.807, 2.05) is 0 Å². The number of aliphatic hydroxyl groups is 1. The van der Waals surface area contributed by atoms with E-state index < -0.39 is 22.4 Å². The summed E-state index contributed by atoms with van der Waals surface area (Å²) in [4.78, 5) is 3.90. The van der Waals surface area contributed by atoms with Gasteiger partial charge in [0.2, 0.25) is 10.0 Å². The van der Waals surface area contributed by atoms with Crippen molar-refractivity contribution in [2.45, 2.75) is 25.0 Å². The molecule has 5 nitrogen and oxygen atoms in total. The SMILES string of the molecule is Cc1cc(S(=O)(=O)NCc2cscn2)cc(CO)c1F. The molecule has 0 saturated carbocycles. The summed E-state index contributed by atoms with van der Waals surface area (Å²) in [7, 11) is -3.77. The molecule has 20 heavy (non-hydrogen) atoms. The monoisotopic (exact) mass is 316 g/mol. The number of sulfonamides is 1. The van der Waals surface area contributed by atoms with Crippen LogP contribution in [-0.2, 0) is 23.2 Å². The average Bonchev–Trinajstić information content (AvgIpc) is 2.92. The van der Waals surface area contributed by atoms with Crippen molar-refractivity contribution in [2.24, 2.45) is 0 Å². The van der Waals surface area contributed by atoms with Gasteiger partial charge >= 0.3 is 0 Å². The van der Waals surface area contributed by atoms with Crippen LogP contribution in [0, 0.1) is 12.7 Å². The minimum atomic E-state index is -3.77. The van der Waals surface area contributed by atoms with Gasteiger partial charge in [0.05, 0.1) is 29.3 Å². The molecule has 1 aromatic carbocycles. The number of nitrogens with one attached hydrogen (secondary N) is 1. The maximum absolute atomic E-state index is 13.6. The van der Waals surface area contributed by atoms with Gasteiger partial charge < -0.3 is 5.11 Å². The van der Waals surface area contributed by atoms with Crippen LogP contribution < -0.4 is 4.72 Å². The number of hydrogen-bond donors (Lipinski definition) is 2. The minimum Gasteiger partial charge on any atom is -0.392 e. The highest BCUT2D eigenvalue weighted by atomic mass is 32.2. The maximum atomic E-state index is 13.6. The van der Waals surface area contributed by atoms with E-state index in [4.69, 9.17) is 5.11 Å². The number of aryl methyl sites for hydroxylation is 1. The number of hydrogen-bond acceptors (Lipinski definition) is 5. The van der Waals surface area contributed by atoms with Crippen LogP contribution >= 0.6 is 11.3 Å². The summed E-state index contributed by atoms with van der Waals surface area (Å²) >= 11 is 1.37. The smallest absolute Gasteiger partial charge is 0.240 e. The van der Waals surface area contributed by atoms with Crippen LogP contribution in [0.4, 0.5) is 4.39 Å². The van der Waals surface area contributed by atoms with Crippen LogP contribution in [0.1, 0.15) is 16.8 Å². The van der Waals surface area contributed by atoms with E-state index in [1.165, 1.54) is 24.3 Å². The van der Waals surface area contributed by atoms with Crippen molar-refractivity contribution in [2.75, 3.05) is 0 Å². The predicted octanol–water partition coefficient (Wildman–Crippen LogP) is 1.56. The molecule has 2 rings (SSSR count). The third-order valence-corrected chi connectivity index (χ3v) is 4.73. The van der Waals surface area contributed by atoms with E-state index in [2.05, 4.69) is 9.71 Å². The molecular formula is C12H13FN2O3S2. The fraction of sp³-hybridized carbons (Fsp3) is 0.250. The molecule has 0 atom stereocenters. The Hall–Kier alpha value is -1.35. The summed E-state index contributed by atoms with van der Waals surface area (Å²) in [6.45, 7) is 0.965. The highest BCUT2D eigenvalue weighted by molar-refractivity contribution is 7.89. The van der Waals surface area contributed by atoms with Crippen LogP contribution in [-0.4, -0.2) is 18.5 Å². The molecule has 108 valence electrons. The molecule has 0 fully saturated rings. The Labute approximate surface area is 120 Å². The van der Waals surface area contributed by atoms with E-state index in [-0.39, 0.29) is 22.6 Å². The van der Waals surface area contributed by atoms with Gasteiger partial charge in [-0.15, -0.1) is 11.3 Å². The summed E-state index contributed by atoms with van der Waals surface area (Å²) < 4.78 is 40.2. The van der Waals surface area contributed by atoms with Gasteiger partial charge in [-0.05, 0) is 24.6 Å². The summed E-state index contributed by atoms with van der Waals surface area (Å²) in [6.07, 6.45) is 0. The molecule has 0 radical (unpaired) electrons. The van der Waals surface area contributed by atoms with Gasteiger partial charge in [0.25, 0.3) is 0 Å². The molecule has 2 aromatic rings. The lowest BCUT2D eigenvalue weighted by Crippen LogP contribution is -2.23. The van der Waals surface area contributed by atoms with Crippen molar-refractivity contribution in [1.29, 1.82) is 0 Å². The second kappa shape index (κ2) is 5.96. The molecular weight excluding hydrogens is 303 g/mol. The van der Waals surface area contributed by atoms with Gasteiger partial charge in [-0.1, -0.05) is 0 Å². The van der Waals surface area contributed by atoms with Crippen molar-refractivity contribution < 1.29 is 17.9 Å². The lowest BCUT2D eigenvalue weighted by molar-refractivity contribution is 0.275. The molecule has 8 heteroatoms. The van der Waals surface area contributed by atoms with Gasteiger partial charge in [0.1, 0.15) is 5.82 Å². The second-order valence-corrected chi connectivity index (χ2v) is 6.66. The van der Waals surface area contributed by atoms with E-state index >= 15 is 0 Å². The molecule has 0 aliphatic rings. The molecule has 0 unspecified atom stereocenters. The normalized spacial score (nSPS) is 11.8. The zero-order valence-electron chi connectivity index (χ0n) is 10.6. The van der Waals surface area contributed by atoms with Gasteiger partial charge in [0, 0.05) is 10.9 Å². The number of nitrogens with zero attached hydrogens (tertiary/aromatic N) is 1. The first-order chi connectivity index (χ1) is 9.44. The largest absolute Gasteiger partial charge is 0.392 e. The molecule has 2 N–H and O–H groups in total. The number of thiazole rings is 1. The van der Waals surface area contributed by atoms with Crippen molar-refractivity contribution in [3.8, 4) is 0 Å². The quantitative estimate of drug-likeness (QED) is 0.877. The first-order valence-corrected chi connectivity index (χ1v) is 8.13. The number of aliphatic hydroxyl groups excluding tert-OH is 1. The fourth-order valence-electron chi connectivity index (χ4n) is 1.65. The average molecular weight is 316 g/mol. The molecule has 0 spiro atoms. The number of halogens is 1. The van der Waals surface area contributed by atoms with E-state index in [9.17, 15) is 12.8 Å². The van der Waals surface area contributed by atoms with Gasteiger partial charge in [0.15, 0.2) is 0 Å². The van der Waals surface area contributed by atoms with Crippen molar-refractivity contribution >= 4 is 21.4 Å². The standard InChI is InChI=1S/C12H13FN2O3S2/c1-8-2-11(3-9(5-16)12(8)13)20(17,18)15-4-10-6-19-7-14-10/h2-3,6-7,15-16H,4-5H2,1H3. The molecule has 1 aromatic heterocycles. The number of rotatable bonds is 5. The Bertz CT molecular complexity index is 700. The summed E-state index contributed by atoms with van der Waals surface area (Å²) in [5.41, 5.74) is 2.35. The maximum Gasteiger partial charge on any atom is 0.240 e. The van der Waals surface area contributed by atoms with Crippen LogP contribution in [0.15, 0.2) is 27.9 Å². The third kappa shape index (κ3) is 3.21. The molecule has 0 amide bonds. The molecule has 0 bridgehead atoms. The Kier molecular flexibility index (Phi) is 4.48.